The second-order valence-electron chi connectivity index (χ2n) is 5.35. The van der Waals surface area contributed by atoms with Crippen LogP contribution in [0, 0.1) is 0 Å². The molecule has 0 amide bonds. The first kappa shape index (κ1) is 14.8. The Bertz CT molecular complexity index is 965. The molecule has 0 bridgehead atoms. The largest absolute Gasteiger partial charge is 0.442 e. The summed E-state index contributed by atoms with van der Waals surface area (Å²) in [6.07, 6.45) is 5.82. The Morgan fingerprint density at radius 3 is 2.83 bits per heavy atom. The van der Waals surface area contributed by atoms with E-state index in [0.29, 0.717) is 17.5 Å². The maximum absolute atomic E-state index is 6.13. The summed E-state index contributed by atoms with van der Waals surface area (Å²) in [6, 6.07) is 8.05. The van der Waals surface area contributed by atoms with E-state index in [1.165, 1.54) is 11.1 Å². The van der Waals surface area contributed by atoms with Crippen LogP contribution in [0.5, 0.6) is 0 Å². The average molecular weight is 337 g/mol. The molecule has 4 aromatic rings. The third-order valence-corrected chi connectivity index (χ3v) is 5.00. The number of nitrogens with zero attached hydrogens (tertiary/aromatic N) is 4. The highest BCUT2D eigenvalue weighted by atomic mass is 32.1. The fraction of sp³-hybridized carbons (Fsp3) is 0.176. The van der Waals surface area contributed by atoms with Crippen LogP contribution in [0.3, 0.4) is 0 Å². The van der Waals surface area contributed by atoms with E-state index < -0.39 is 0 Å². The van der Waals surface area contributed by atoms with E-state index in [9.17, 15) is 0 Å². The molecule has 1 unspecified atom stereocenters. The maximum Gasteiger partial charge on any atom is 0.264 e. The molecule has 4 rings (SSSR count). The standard InChI is InChI=1S/C17H15N5OS/c1-2-10(12-5-3-4-6-19-12)13-9-11-14(18)21-15(22-17(11)24-13)16-20-7-8-23-16/h3-10H,2H2,1H3,(H2,18,21,22). The van der Waals surface area contributed by atoms with E-state index in [1.807, 2.05) is 24.4 Å². The molecule has 0 aliphatic rings. The number of aromatic nitrogens is 4. The zero-order valence-electron chi connectivity index (χ0n) is 13.0. The fourth-order valence-electron chi connectivity index (χ4n) is 2.70. The number of thiophene rings is 1. The van der Waals surface area contributed by atoms with Crippen molar-refractivity contribution >= 4 is 27.4 Å². The predicted octanol–water partition coefficient (Wildman–Crippen LogP) is 3.87. The molecule has 6 nitrogen and oxygen atoms in total. The van der Waals surface area contributed by atoms with Crippen molar-refractivity contribution < 1.29 is 4.42 Å². The molecule has 0 saturated heterocycles. The van der Waals surface area contributed by atoms with Crippen molar-refractivity contribution in [2.24, 2.45) is 0 Å². The van der Waals surface area contributed by atoms with Crippen LogP contribution >= 0.6 is 11.3 Å². The SMILES string of the molecule is CCC(c1ccccn1)c1cc2c(N)nc(-c3ncco3)nc2s1. The Morgan fingerprint density at radius 1 is 1.21 bits per heavy atom. The zero-order chi connectivity index (χ0) is 16.5. The lowest BCUT2D eigenvalue weighted by molar-refractivity contribution is 0.569. The van der Waals surface area contributed by atoms with Crippen LogP contribution in [-0.4, -0.2) is 19.9 Å². The monoisotopic (exact) mass is 337 g/mol. The number of nitrogen functional groups attached to an aromatic ring is 1. The summed E-state index contributed by atoms with van der Waals surface area (Å²) in [5.74, 6) is 1.43. The Labute approximate surface area is 142 Å². The highest BCUT2D eigenvalue weighted by Crippen LogP contribution is 2.37. The molecule has 24 heavy (non-hydrogen) atoms. The van der Waals surface area contributed by atoms with Crippen molar-refractivity contribution in [1.29, 1.82) is 0 Å². The minimum atomic E-state index is 0.218. The summed E-state index contributed by atoms with van der Waals surface area (Å²) in [5.41, 5.74) is 7.17. The van der Waals surface area contributed by atoms with Crippen LogP contribution < -0.4 is 5.73 Å². The Kier molecular flexibility index (Phi) is 3.70. The zero-order valence-corrected chi connectivity index (χ0v) is 13.8. The number of fused-ring (bicyclic) bond motifs is 1. The molecule has 0 aromatic carbocycles. The van der Waals surface area contributed by atoms with E-state index >= 15 is 0 Å². The number of pyridine rings is 1. The summed E-state index contributed by atoms with van der Waals surface area (Å²) < 4.78 is 5.27. The molecule has 0 saturated carbocycles. The second kappa shape index (κ2) is 6.01. The fourth-order valence-corrected chi connectivity index (χ4v) is 3.94. The number of hydrogen-bond donors (Lipinski definition) is 1. The van der Waals surface area contributed by atoms with E-state index in [-0.39, 0.29) is 5.92 Å². The van der Waals surface area contributed by atoms with E-state index in [4.69, 9.17) is 10.2 Å². The lowest BCUT2D eigenvalue weighted by Crippen LogP contribution is -1.99. The molecule has 4 heterocycles. The number of anilines is 1. The number of hydrogen-bond acceptors (Lipinski definition) is 7. The summed E-state index contributed by atoms with van der Waals surface area (Å²) in [7, 11) is 0. The minimum absolute atomic E-state index is 0.218. The summed E-state index contributed by atoms with van der Waals surface area (Å²) in [4.78, 5) is 19.5. The number of oxazole rings is 1. The first-order valence-electron chi connectivity index (χ1n) is 7.64. The van der Waals surface area contributed by atoms with Gasteiger partial charge in [-0.3, -0.25) is 4.98 Å². The number of nitrogens with two attached hydrogens (primary N) is 1. The van der Waals surface area contributed by atoms with Crippen molar-refractivity contribution in [3.05, 3.63) is 53.5 Å². The first-order chi connectivity index (χ1) is 11.8. The van der Waals surface area contributed by atoms with Crippen molar-refractivity contribution in [1.82, 2.24) is 19.9 Å². The van der Waals surface area contributed by atoms with Gasteiger partial charge in [-0.1, -0.05) is 13.0 Å². The van der Waals surface area contributed by atoms with Gasteiger partial charge in [0, 0.05) is 22.7 Å². The van der Waals surface area contributed by atoms with Crippen LogP contribution in [0.1, 0.15) is 29.8 Å². The average Bonchev–Trinajstić information content (AvgIpc) is 3.26. The summed E-state index contributed by atoms with van der Waals surface area (Å²) >= 11 is 1.61. The molecule has 0 spiro atoms. The Hall–Kier alpha value is -2.80. The van der Waals surface area contributed by atoms with Gasteiger partial charge in [-0.15, -0.1) is 11.3 Å². The predicted molar refractivity (Wildman–Crippen MR) is 93.7 cm³/mol. The smallest absolute Gasteiger partial charge is 0.264 e. The maximum atomic E-state index is 6.13. The van der Waals surface area contributed by atoms with Crippen molar-refractivity contribution in [2.45, 2.75) is 19.3 Å². The van der Waals surface area contributed by atoms with Gasteiger partial charge in [0.2, 0.25) is 5.82 Å². The van der Waals surface area contributed by atoms with Crippen molar-refractivity contribution in [3.8, 4) is 11.7 Å². The first-order valence-corrected chi connectivity index (χ1v) is 8.45. The lowest BCUT2D eigenvalue weighted by Gasteiger charge is -2.11. The van der Waals surface area contributed by atoms with Crippen LogP contribution in [0.15, 0.2) is 47.3 Å². The van der Waals surface area contributed by atoms with Gasteiger partial charge in [-0.25, -0.2) is 15.0 Å². The molecule has 1 atom stereocenters. The lowest BCUT2D eigenvalue weighted by atomic mass is 9.99. The molecule has 2 N–H and O–H groups in total. The minimum Gasteiger partial charge on any atom is -0.442 e. The van der Waals surface area contributed by atoms with Gasteiger partial charge in [0.05, 0.1) is 11.6 Å². The van der Waals surface area contributed by atoms with Crippen LogP contribution in [0.2, 0.25) is 0 Å². The van der Waals surface area contributed by atoms with Gasteiger partial charge in [-0.2, -0.15) is 0 Å². The molecule has 4 aromatic heterocycles. The highest BCUT2D eigenvalue weighted by molar-refractivity contribution is 7.18. The summed E-state index contributed by atoms with van der Waals surface area (Å²) in [5, 5.41) is 0.861. The quantitative estimate of drug-likeness (QED) is 0.608. The van der Waals surface area contributed by atoms with Crippen LogP contribution in [0.4, 0.5) is 5.82 Å². The molecular formula is C17H15N5OS. The van der Waals surface area contributed by atoms with Gasteiger partial charge < -0.3 is 10.2 Å². The highest BCUT2D eigenvalue weighted by Gasteiger charge is 2.19. The molecule has 7 heteroatoms. The Morgan fingerprint density at radius 2 is 2.12 bits per heavy atom. The molecule has 0 radical (unpaired) electrons. The van der Waals surface area contributed by atoms with Crippen molar-refractivity contribution in [2.75, 3.05) is 5.73 Å². The molecular weight excluding hydrogens is 322 g/mol. The van der Waals surface area contributed by atoms with E-state index in [0.717, 1.165) is 22.3 Å². The van der Waals surface area contributed by atoms with Crippen LogP contribution in [0.25, 0.3) is 21.9 Å². The van der Waals surface area contributed by atoms with Gasteiger partial charge in [0.15, 0.2) is 0 Å². The third-order valence-electron chi connectivity index (χ3n) is 3.86. The summed E-state index contributed by atoms with van der Waals surface area (Å²) in [6.45, 7) is 2.15. The van der Waals surface area contributed by atoms with Gasteiger partial charge >= 0.3 is 0 Å². The number of rotatable bonds is 4. The third kappa shape index (κ3) is 2.52. The molecule has 120 valence electrons. The normalized spacial score (nSPS) is 12.5. The van der Waals surface area contributed by atoms with Gasteiger partial charge in [0.25, 0.3) is 5.89 Å². The molecule has 0 aliphatic heterocycles. The second-order valence-corrected chi connectivity index (χ2v) is 6.41. The van der Waals surface area contributed by atoms with Crippen LogP contribution in [-0.2, 0) is 0 Å². The topological polar surface area (TPSA) is 90.7 Å². The van der Waals surface area contributed by atoms with E-state index in [2.05, 4.69) is 32.9 Å². The van der Waals surface area contributed by atoms with Gasteiger partial charge in [0.1, 0.15) is 16.9 Å². The molecule has 0 fully saturated rings. The van der Waals surface area contributed by atoms with Gasteiger partial charge in [-0.05, 0) is 24.6 Å². The molecule has 0 aliphatic carbocycles. The van der Waals surface area contributed by atoms with E-state index in [1.54, 1.807) is 17.5 Å². The Balaban J connectivity index is 1.82. The van der Waals surface area contributed by atoms with Crippen molar-refractivity contribution in [3.63, 3.8) is 0 Å².